The Labute approximate surface area is 115 Å². The monoisotopic (exact) mass is 274 g/mol. The van der Waals surface area contributed by atoms with Gasteiger partial charge in [-0.25, -0.2) is 0 Å². The zero-order chi connectivity index (χ0) is 14.0. The van der Waals surface area contributed by atoms with E-state index in [0.717, 1.165) is 16.0 Å². The molecule has 0 aliphatic carbocycles. The van der Waals surface area contributed by atoms with Crippen LogP contribution in [-0.4, -0.2) is 11.8 Å². The highest BCUT2D eigenvalue weighted by Crippen LogP contribution is 2.39. The predicted molar refractivity (Wildman–Crippen MR) is 77.3 cm³/mol. The molecule has 98 valence electrons. The molecule has 0 aliphatic heterocycles. The number of primary amides is 1. The summed E-state index contributed by atoms with van der Waals surface area (Å²) in [6.45, 7) is 3.24. The molecule has 1 aromatic heterocycles. The fourth-order valence-corrected chi connectivity index (χ4v) is 3.19. The second-order valence-corrected chi connectivity index (χ2v) is 5.19. The lowest BCUT2D eigenvalue weighted by Gasteiger charge is -2.01. The van der Waals surface area contributed by atoms with Crippen molar-refractivity contribution in [2.24, 2.45) is 5.73 Å². The first-order chi connectivity index (χ1) is 9.00. The van der Waals surface area contributed by atoms with Crippen molar-refractivity contribution in [1.82, 2.24) is 0 Å². The average Bonchev–Trinajstić information content (AvgIpc) is 2.66. The van der Waals surface area contributed by atoms with Crippen LogP contribution < -0.4 is 11.1 Å². The summed E-state index contributed by atoms with van der Waals surface area (Å²) in [5, 5.41) is 3.17. The first-order valence-electron chi connectivity index (χ1n) is 5.77. The molecule has 0 bridgehead atoms. The van der Waals surface area contributed by atoms with Gasteiger partial charge in [0.2, 0.25) is 5.91 Å². The largest absolute Gasteiger partial charge is 0.365 e. The van der Waals surface area contributed by atoms with Crippen LogP contribution >= 0.6 is 11.3 Å². The minimum absolute atomic E-state index is 0.219. The molecular weight excluding hydrogens is 260 g/mol. The average molecular weight is 274 g/mol. The lowest BCUT2D eigenvalue weighted by Crippen LogP contribution is -2.15. The fraction of sp³-hybridized carbons (Fsp3) is 0.143. The summed E-state index contributed by atoms with van der Waals surface area (Å²) in [5.74, 6) is -0.747. The van der Waals surface area contributed by atoms with Crippen molar-refractivity contribution in [3.05, 3.63) is 41.5 Å². The Kier molecular flexibility index (Phi) is 3.66. The number of hydrogen-bond acceptors (Lipinski definition) is 3. The van der Waals surface area contributed by atoms with Crippen molar-refractivity contribution in [2.75, 3.05) is 5.32 Å². The van der Waals surface area contributed by atoms with Gasteiger partial charge in [0.1, 0.15) is 5.00 Å². The minimum Gasteiger partial charge on any atom is -0.365 e. The van der Waals surface area contributed by atoms with E-state index in [1.807, 2.05) is 37.3 Å². The molecule has 0 atom stereocenters. The van der Waals surface area contributed by atoms with E-state index in [9.17, 15) is 9.59 Å². The summed E-state index contributed by atoms with van der Waals surface area (Å²) in [5.41, 5.74) is 7.59. The van der Waals surface area contributed by atoms with Crippen LogP contribution in [0.25, 0.3) is 10.4 Å². The number of nitrogens with two attached hydrogens (primary N) is 1. The van der Waals surface area contributed by atoms with E-state index in [2.05, 4.69) is 5.32 Å². The number of amides is 2. The Morgan fingerprint density at radius 1 is 1.21 bits per heavy atom. The van der Waals surface area contributed by atoms with Crippen LogP contribution in [0.4, 0.5) is 5.00 Å². The fourth-order valence-electron chi connectivity index (χ4n) is 1.92. The molecule has 0 spiro atoms. The zero-order valence-corrected chi connectivity index (χ0v) is 11.5. The number of rotatable bonds is 3. The van der Waals surface area contributed by atoms with Crippen LogP contribution in [0.2, 0.25) is 0 Å². The van der Waals surface area contributed by atoms with E-state index in [1.54, 1.807) is 0 Å². The van der Waals surface area contributed by atoms with Crippen molar-refractivity contribution < 1.29 is 9.59 Å². The van der Waals surface area contributed by atoms with E-state index in [4.69, 9.17) is 5.73 Å². The van der Waals surface area contributed by atoms with Crippen molar-refractivity contribution in [3.8, 4) is 10.4 Å². The molecule has 1 aromatic carbocycles. The molecule has 19 heavy (non-hydrogen) atoms. The molecular formula is C14H14N2O2S. The minimum atomic E-state index is -0.528. The van der Waals surface area contributed by atoms with Gasteiger partial charge in [-0.15, -0.1) is 11.3 Å². The summed E-state index contributed by atoms with van der Waals surface area (Å²) < 4.78 is 0. The van der Waals surface area contributed by atoms with Crippen LogP contribution in [0.15, 0.2) is 30.3 Å². The maximum atomic E-state index is 11.5. The topological polar surface area (TPSA) is 72.2 Å². The second kappa shape index (κ2) is 5.24. The maximum Gasteiger partial charge on any atom is 0.251 e. The summed E-state index contributed by atoms with van der Waals surface area (Å²) in [6, 6.07) is 9.70. The first-order valence-corrected chi connectivity index (χ1v) is 6.58. The van der Waals surface area contributed by atoms with Crippen LogP contribution in [0.5, 0.6) is 0 Å². The normalized spacial score (nSPS) is 10.2. The lowest BCUT2D eigenvalue weighted by atomic mass is 10.1. The first kappa shape index (κ1) is 13.3. The van der Waals surface area contributed by atoms with E-state index in [1.165, 1.54) is 18.3 Å². The number of anilines is 1. The van der Waals surface area contributed by atoms with Gasteiger partial charge in [-0.2, -0.15) is 0 Å². The maximum absolute atomic E-state index is 11.5. The molecule has 1 heterocycles. The number of benzene rings is 1. The molecule has 0 aliphatic rings. The molecule has 0 unspecified atom stereocenters. The van der Waals surface area contributed by atoms with Crippen molar-refractivity contribution >= 4 is 28.2 Å². The van der Waals surface area contributed by atoms with Gasteiger partial charge in [-0.1, -0.05) is 30.3 Å². The van der Waals surface area contributed by atoms with Gasteiger partial charge in [-0.3, -0.25) is 9.59 Å². The highest BCUT2D eigenvalue weighted by atomic mass is 32.1. The molecule has 0 saturated heterocycles. The van der Waals surface area contributed by atoms with Crippen LogP contribution in [0.1, 0.15) is 22.8 Å². The Morgan fingerprint density at radius 3 is 2.37 bits per heavy atom. The van der Waals surface area contributed by atoms with Gasteiger partial charge in [0, 0.05) is 11.8 Å². The highest BCUT2D eigenvalue weighted by Gasteiger charge is 2.20. The van der Waals surface area contributed by atoms with Crippen molar-refractivity contribution in [3.63, 3.8) is 0 Å². The van der Waals surface area contributed by atoms with Crippen molar-refractivity contribution in [2.45, 2.75) is 13.8 Å². The van der Waals surface area contributed by atoms with Crippen molar-refractivity contribution in [1.29, 1.82) is 0 Å². The Balaban J connectivity index is 2.58. The molecule has 2 aromatic rings. The molecule has 4 nitrogen and oxygen atoms in total. The lowest BCUT2D eigenvalue weighted by molar-refractivity contribution is -0.114. The molecule has 5 heteroatoms. The van der Waals surface area contributed by atoms with Crippen LogP contribution in [0, 0.1) is 6.92 Å². The molecule has 0 saturated carbocycles. The summed E-state index contributed by atoms with van der Waals surface area (Å²) >= 11 is 1.36. The number of hydrogen-bond donors (Lipinski definition) is 2. The summed E-state index contributed by atoms with van der Waals surface area (Å²) in [7, 11) is 0. The summed E-state index contributed by atoms with van der Waals surface area (Å²) in [6.07, 6.45) is 0. The van der Waals surface area contributed by atoms with Gasteiger partial charge in [-0.05, 0) is 18.1 Å². The van der Waals surface area contributed by atoms with Gasteiger partial charge < -0.3 is 11.1 Å². The standard InChI is InChI=1S/C14H14N2O2S/c1-8-11(13(15)18)14(16-9(2)17)19-12(8)10-6-4-3-5-7-10/h3-7H,1-2H3,(H2,15,18)(H,16,17). The predicted octanol–water partition coefficient (Wildman–Crippen LogP) is 2.78. The number of carbonyl (C=O) groups is 2. The molecule has 0 fully saturated rings. The van der Waals surface area contributed by atoms with Gasteiger partial charge in [0.05, 0.1) is 5.56 Å². The zero-order valence-electron chi connectivity index (χ0n) is 10.7. The van der Waals surface area contributed by atoms with E-state index in [-0.39, 0.29) is 5.91 Å². The number of nitrogens with one attached hydrogen (secondary N) is 1. The second-order valence-electron chi connectivity index (χ2n) is 4.17. The SMILES string of the molecule is CC(=O)Nc1sc(-c2ccccc2)c(C)c1C(N)=O. The third-order valence-corrected chi connectivity index (χ3v) is 3.98. The molecule has 2 rings (SSSR count). The number of carbonyl (C=O) groups excluding carboxylic acids is 2. The Morgan fingerprint density at radius 2 is 1.84 bits per heavy atom. The van der Waals surface area contributed by atoms with Gasteiger partial charge in [0.25, 0.3) is 5.91 Å². The number of thiophene rings is 1. The van der Waals surface area contributed by atoms with E-state index >= 15 is 0 Å². The summed E-state index contributed by atoms with van der Waals surface area (Å²) in [4.78, 5) is 23.7. The van der Waals surface area contributed by atoms with Crippen LogP contribution in [-0.2, 0) is 4.79 Å². The molecule has 2 amide bonds. The molecule has 3 N–H and O–H groups in total. The van der Waals surface area contributed by atoms with Gasteiger partial charge in [0.15, 0.2) is 0 Å². The van der Waals surface area contributed by atoms with Crippen LogP contribution in [0.3, 0.4) is 0 Å². The van der Waals surface area contributed by atoms with E-state index < -0.39 is 5.91 Å². The molecule has 0 radical (unpaired) electrons. The Hall–Kier alpha value is -2.14. The quantitative estimate of drug-likeness (QED) is 0.903. The smallest absolute Gasteiger partial charge is 0.251 e. The van der Waals surface area contributed by atoms with E-state index in [0.29, 0.717) is 10.6 Å². The third-order valence-electron chi connectivity index (χ3n) is 2.72. The highest BCUT2D eigenvalue weighted by molar-refractivity contribution is 7.20. The van der Waals surface area contributed by atoms with Gasteiger partial charge >= 0.3 is 0 Å². The Bertz CT molecular complexity index is 632. The third kappa shape index (κ3) is 2.66.